The lowest BCUT2D eigenvalue weighted by atomic mass is 9.91. The number of rotatable bonds is 7. The predicted molar refractivity (Wildman–Crippen MR) is 241 cm³/mol. The van der Waals surface area contributed by atoms with E-state index in [1.54, 1.807) is 12.1 Å². The summed E-state index contributed by atoms with van der Waals surface area (Å²) < 4.78 is 44.5. The summed E-state index contributed by atoms with van der Waals surface area (Å²) in [6.07, 6.45) is -4.50. The van der Waals surface area contributed by atoms with Gasteiger partial charge in [-0.05, 0) is 84.1 Å². The van der Waals surface area contributed by atoms with Crippen molar-refractivity contribution in [1.29, 1.82) is 0 Å². The number of fused-ring (bicyclic) bond motifs is 3. The molecular formula is C54H37F3N4. The Morgan fingerprint density at radius 1 is 0.393 bits per heavy atom. The zero-order valence-corrected chi connectivity index (χ0v) is 33.3. The molecule has 0 saturated heterocycles. The third-order valence-corrected chi connectivity index (χ3v) is 11.3. The van der Waals surface area contributed by atoms with Gasteiger partial charge in [-0.25, -0.2) is 15.0 Å². The largest absolute Gasteiger partial charge is 0.416 e. The van der Waals surface area contributed by atoms with Crippen LogP contribution in [0.5, 0.6) is 0 Å². The van der Waals surface area contributed by atoms with Gasteiger partial charge in [0.25, 0.3) is 0 Å². The van der Waals surface area contributed by atoms with E-state index in [1.165, 1.54) is 5.56 Å². The minimum atomic E-state index is -4.50. The first-order chi connectivity index (χ1) is 29.7. The van der Waals surface area contributed by atoms with Crippen molar-refractivity contribution in [2.24, 2.45) is 0 Å². The van der Waals surface area contributed by atoms with Gasteiger partial charge >= 0.3 is 6.18 Å². The third kappa shape index (κ3) is 7.04. The first-order valence-electron chi connectivity index (χ1n) is 20.1. The highest BCUT2D eigenvalue weighted by molar-refractivity contribution is 6.12. The Labute approximate surface area is 351 Å². The van der Waals surface area contributed by atoms with Crippen molar-refractivity contribution in [3.63, 3.8) is 0 Å². The average molecular weight is 799 g/mol. The van der Waals surface area contributed by atoms with Crippen LogP contribution in [0.25, 0.3) is 95.0 Å². The van der Waals surface area contributed by atoms with Crippen LogP contribution in [0, 0.1) is 13.8 Å². The smallest absolute Gasteiger partial charge is 0.308 e. The Morgan fingerprint density at radius 2 is 0.885 bits per heavy atom. The molecule has 2 heterocycles. The molecule has 10 aromatic rings. The molecule has 0 spiro atoms. The zero-order valence-electron chi connectivity index (χ0n) is 33.3. The van der Waals surface area contributed by atoms with Crippen molar-refractivity contribution in [2.75, 3.05) is 0 Å². The summed E-state index contributed by atoms with van der Waals surface area (Å²) in [4.78, 5) is 15.1. The van der Waals surface area contributed by atoms with Crippen LogP contribution in [0.4, 0.5) is 13.2 Å². The highest BCUT2D eigenvalue weighted by atomic mass is 19.4. The fourth-order valence-corrected chi connectivity index (χ4v) is 8.23. The Balaban J connectivity index is 1.31. The van der Waals surface area contributed by atoms with Crippen molar-refractivity contribution >= 4 is 21.8 Å². The van der Waals surface area contributed by atoms with E-state index in [1.807, 2.05) is 84.9 Å². The maximum atomic E-state index is 14.1. The van der Waals surface area contributed by atoms with Crippen LogP contribution in [0.15, 0.2) is 188 Å². The van der Waals surface area contributed by atoms with Gasteiger partial charge in [0, 0.05) is 38.6 Å². The lowest BCUT2D eigenvalue weighted by Crippen LogP contribution is -2.05. The molecule has 0 amide bonds. The van der Waals surface area contributed by atoms with Gasteiger partial charge in [0.05, 0.1) is 22.3 Å². The average Bonchev–Trinajstić information content (AvgIpc) is 3.62. The topological polar surface area (TPSA) is 43.6 Å². The molecular weight excluding hydrogens is 762 g/mol. The lowest BCUT2D eigenvalue weighted by molar-refractivity contribution is -0.137. The van der Waals surface area contributed by atoms with Crippen molar-refractivity contribution in [1.82, 2.24) is 19.5 Å². The van der Waals surface area contributed by atoms with Crippen molar-refractivity contribution in [2.45, 2.75) is 20.0 Å². The van der Waals surface area contributed by atoms with Gasteiger partial charge < -0.3 is 4.57 Å². The molecule has 0 aliphatic carbocycles. The van der Waals surface area contributed by atoms with Gasteiger partial charge in [-0.3, -0.25) is 0 Å². The highest BCUT2D eigenvalue weighted by Gasteiger charge is 2.30. The molecule has 294 valence electrons. The van der Waals surface area contributed by atoms with E-state index in [0.29, 0.717) is 28.6 Å². The minimum Gasteiger partial charge on any atom is -0.308 e. The maximum absolute atomic E-state index is 14.1. The van der Waals surface area contributed by atoms with E-state index in [9.17, 15) is 13.2 Å². The van der Waals surface area contributed by atoms with E-state index in [0.717, 1.165) is 84.1 Å². The van der Waals surface area contributed by atoms with Crippen LogP contribution >= 0.6 is 0 Å². The monoisotopic (exact) mass is 798 g/mol. The van der Waals surface area contributed by atoms with Gasteiger partial charge in [0.2, 0.25) is 0 Å². The molecule has 8 aromatic carbocycles. The van der Waals surface area contributed by atoms with Crippen LogP contribution in [-0.2, 0) is 6.18 Å². The van der Waals surface area contributed by atoms with E-state index in [4.69, 9.17) is 15.0 Å². The molecule has 0 aliphatic heterocycles. The molecule has 61 heavy (non-hydrogen) atoms. The molecule has 0 bridgehead atoms. The summed E-state index contributed by atoms with van der Waals surface area (Å²) in [5.41, 5.74) is 12.0. The molecule has 0 aliphatic rings. The Bertz CT molecular complexity index is 3170. The molecule has 0 radical (unpaired) electrons. The number of benzene rings is 8. The minimum absolute atomic E-state index is 0.436. The second kappa shape index (κ2) is 15.2. The van der Waals surface area contributed by atoms with Crippen molar-refractivity contribution in [3.05, 3.63) is 205 Å². The number of hydrogen-bond acceptors (Lipinski definition) is 3. The molecule has 10 rings (SSSR count). The van der Waals surface area contributed by atoms with E-state index < -0.39 is 11.7 Å². The van der Waals surface area contributed by atoms with Gasteiger partial charge in [0.1, 0.15) is 0 Å². The summed E-state index contributed by atoms with van der Waals surface area (Å²) in [6.45, 7) is 4.17. The first-order valence-corrected chi connectivity index (χ1v) is 20.1. The molecule has 7 heteroatoms. The summed E-state index contributed by atoms with van der Waals surface area (Å²) in [5.74, 6) is 1.45. The summed E-state index contributed by atoms with van der Waals surface area (Å²) in [6, 6.07) is 60.7. The fourth-order valence-electron chi connectivity index (χ4n) is 8.23. The summed E-state index contributed by atoms with van der Waals surface area (Å²) >= 11 is 0. The third-order valence-electron chi connectivity index (χ3n) is 11.3. The van der Waals surface area contributed by atoms with Crippen LogP contribution in [0.1, 0.15) is 16.7 Å². The van der Waals surface area contributed by atoms with Crippen molar-refractivity contribution < 1.29 is 13.2 Å². The summed E-state index contributed by atoms with van der Waals surface area (Å²) in [7, 11) is 0. The highest BCUT2D eigenvalue weighted by Crippen LogP contribution is 2.45. The zero-order chi connectivity index (χ0) is 41.7. The predicted octanol–water partition coefficient (Wildman–Crippen LogP) is 14.6. The van der Waals surface area contributed by atoms with Crippen LogP contribution in [0.3, 0.4) is 0 Å². The van der Waals surface area contributed by atoms with E-state index in [2.05, 4.69) is 97.3 Å². The Kier molecular flexibility index (Phi) is 9.37. The van der Waals surface area contributed by atoms with Crippen LogP contribution < -0.4 is 0 Å². The number of halogens is 3. The van der Waals surface area contributed by atoms with Gasteiger partial charge in [0.15, 0.2) is 17.5 Å². The fraction of sp³-hybridized carbons (Fsp3) is 0.0556. The maximum Gasteiger partial charge on any atom is 0.416 e. The van der Waals surface area contributed by atoms with Gasteiger partial charge in [-0.1, -0.05) is 151 Å². The molecule has 0 N–H and O–H groups in total. The number of hydrogen-bond donors (Lipinski definition) is 0. The Hall–Kier alpha value is -7.64. The van der Waals surface area contributed by atoms with Crippen molar-refractivity contribution in [3.8, 4) is 73.2 Å². The number of nitrogens with zero attached hydrogens (tertiary/aromatic N) is 4. The molecule has 0 unspecified atom stereocenters. The molecule has 0 fully saturated rings. The second-order valence-electron chi connectivity index (χ2n) is 15.3. The SMILES string of the molecule is Cc1ccc(-c2cc(-c3nc(-c4ccccc4)nc(-c4ccccc4)n3)cc(-c3ccc(C(F)(F)F)cc3)c2-n2c3ccccc3c3cc(-c4ccccc4C)ccc32)cc1. The van der Waals surface area contributed by atoms with Gasteiger partial charge in [-0.15, -0.1) is 0 Å². The number of para-hydroxylation sites is 1. The standard InChI is InChI=1S/C54H37F3N4/c1-34-21-23-36(24-22-34)45-32-41(53-59-51(38-14-5-3-6-15-38)58-52(60-53)39-16-7-4-8-17-39)33-46(37-25-28-42(29-26-37)54(55,56)57)50(45)61-48-20-12-11-19-44(48)47-31-40(27-30-49(47)61)43-18-10-9-13-35(43)2/h3-33H,1-2H3. The van der Waals surface area contributed by atoms with E-state index in [-0.39, 0.29) is 0 Å². The molecule has 2 aromatic heterocycles. The number of alkyl halides is 3. The van der Waals surface area contributed by atoms with Gasteiger partial charge in [-0.2, -0.15) is 13.2 Å². The Morgan fingerprint density at radius 3 is 1.48 bits per heavy atom. The number of aryl methyl sites for hydroxylation is 2. The first kappa shape index (κ1) is 37.6. The lowest BCUT2D eigenvalue weighted by Gasteiger charge is -2.21. The van der Waals surface area contributed by atoms with Crippen LogP contribution in [0.2, 0.25) is 0 Å². The molecule has 0 atom stereocenters. The quantitative estimate of drug-likeness (QED) is 0.161. The second-order valence-corrected chi connectivity index (χ2v) is 15.3. The normalized spacial score (nSPS) is 11.7. The number of aromatic nitrogens is 4. The molecule has 0 saturated carbocycles. The van der Waals surface area contributed by atoms with E-state index >= 15 is 0 Å². The summed E-state index contributed by atoms with van der Waals surface area (Å²) in [5, 5.41) is 2.12. The molecule has 4 nitrogen and oxygen atoms in total. The van der Waals surface area contributed by atoms with Crippen LogP contribution in [-0.4, -0.2) is 19.5 Å².